The van der Waals surface area contributed by atoms with Crippen LogP contribution in [0.25, 0.3) is 0 Å². The van der Waals surface area contributed by atoms with Crippen LogP contribution in [-0.2, 0) is 19.6 Å². The lowest BCUT2D eigenvalue weighted by molar-refractivity contribution is -0.118. The summed E-state index contributed by atoms with van der Waals surface area (Å²) in [5.41, 5.74) is 3.30. The summed E-state index contributed by atoms with van der Waals surface area (Å²) >= 11 is 0. The average Bonchev–Trinajstić information content (AvgIpc) is 2.74. The molecule has 0 bridgehead atoms. The van der Waals surface area contributed by atoms with Crippen LogP contribution in [0.15, 0.2) is 35.2 Å². The molecule has 9 heteroatoms. The molecule has 180 valence electrons. The number of carbonyl (C=O) groups is 1. The predicted molar refractivity (Wildman–Crippen MR) is 127 cm³/mol. The van der Waals surface area contributed by atoms with Gasteiger partial charge in [-0.05, 0) is 63.9 Å². The molecule has 1 saturated heterocycles. The maximum atomic E-state index is 13.1. The van der Waals surface area contributed by atoms with Gasteiger partial charge in [0, 0.05) is 13.1 Å². The maximum Gasteiger partial charge on any atom is 0.262 e. The lowest BCUT2D eigenvalue weighted by Crippen LogP contribution is -2.40. The van der Waals surface area contributed by atoms with E-state index in [0.29, 0.717) is 24.7 Å². The number of aryl methyl sites for hydroxylation is 3. The molecule has 0 unspecified atom stereocenters. The molecule has 3 rings (SSSR count). The summed E-state index contributed by atoms with van der Waals surface area (Å²) in [5.74, 6) is 0.643. The minimum atomic E-state index is -3.72. The molecule has 1 aliphatic rings. The maximum absolute atomic E-state index is 13.1. The number of rotatable bonds is 8. The summed E-state index contributed by atoms with van der Waals surface area (Å²) in [7, 11) is -3.72. The van der Waals surface area contributed by atoms with Gasteiger partial charge in [-0.1, -0.05) is 17.7 Å². The van der Waals surface area contributed by atoms with Crippen LogP contribution >= 0.6 is 0 Å². The molecule has 1 amide bonds. The Morgan fingerprint density at radius 1 is 1.09 bits per heavy atom. The van der Waals surface area contributed by atoms with Crippen LogP contribution in [0.3, 0.4) is 0 Å². The van der Waals surface area contributed by atoms with E-state index in [-0.39, 0.29) is 36.4 Å². The smallest absolute Gasteiger partial charge is 0.262 e. The van der Waals surface area contributed by atoms with E-state index in [1.807, 2.05) is 46.8 Å². The van der Waals surface area contributed by atoms with Crippen molar-refractivity contribution < 1.29 is 27.4 Å². The Kier molecular flexibility index (Phi) is 7.99. The predicted octanol–water partition coefficient (Wildman–Crippen LogP) is 3.44. The third kappa shape index (κ3) is 6.25. The molecule has 0 aliphatic carbocycles. The number of benzene rings is 2. The van der Waals surface area contributed by atoms with Gasteiger partial charge >= 0.3 is 0 Å². The van der Waals surface area contributed by atoms with Gasteiger partial charge in [0.25, 0.3) is 5.91 Å². The SMILES string of the molecule is Cc1cc(C)c(OCC(=O)Nc2cc(S(=O)(=O)N3CCOCC3)ccc2OC(C)C)c(C)c1. The summed E-state index contributed by atoms with van der Waals surface area (Å²) in [6, 6.07) is 8.48. The van der Waals surface area contributed by atoms with E-state index < -0.39 is 15.9 Å². The van der Waals surface area contributed by atoms with Crippen molar-refractivity contribution in [1.82, 2.24) is 4.31 Å². The number of ether oxygens (including phenoxy) is 3. The zero-order chi connectivity index (χ0) is 24.2. The average molecular weight is 477 g/mol. The second kappa shape index (κ2) is 10.5. The minimum Gasteiger partial charge on any atom is -0.489 e. The molecule has 0 radical (unpaired) electrons. The quantitative estimate of drug-likeness (QED) is 0.627. The molecule has 1 N–H and O–H groups in total. The number of nitrogens with zero attached hydrogens (tertiary/aromatic N) is 1. The Morgan fingerprint density at radius 2 is 1.73 bits per heavy atom. The van der Waals surface area contributed by atoms with Gasteiger partial charge in [0.1, 0.15) is 11.5 Å². The molecule has 8 nitrogen and oxygen atoms in total. The molecule has 1 fully saturated rings. The van der Waals surface area contributed by atoms with Gasteiger partial charge in [-0.3, -0.25) is 4.79 Å². The van der Waals surface area contributed by atoms with E-state index in [1.54, 1.807) is 6.07 Å². The van der Waals surface area contributed by atoms with E-state index in [1.165, 1.54) is 16.4 Å². The first-order valence-electron chi connectivity index (χ1n) is 11.0. The molecule has 0 atom stereocenters. The van der Waals surface area contributed by atoms with Crippen LogP contribution in [-0.4, -0.2) is 57.6 Å². The van der Waals surface area contributed by atoms with Crippen LogP contribution < -0.4 is 14.8 Å². The second-order valence-corrected chi connectivity index (χ2v) is 10.3. The number of hydrogen-bond donors (Lipinski definition) is 1. The van der Waals surface area contributed by atoms with Gasteiger partial charge in [0.2, 0.25) is 10.0 Å². The molecular weight excluding hydrogens is 444 g/mol. The minimum absolute atomic E-state index is 0.0851. The van der Waals surface area contributed by atoms with E-state index in [0.717, 1.165) is 16.7 Å². The zero-order valence-corrected chi connectivity index (χ0v) is 20.6. The summed E-state index contributed by atoms with van der Waals surface area (Å²) in [5, 5.41) is 2.76. The lowest BCUT2D eigenvalue weighted by atomic mass is 10.1. The number of carbonyl (C=O) groups excluding carboxylic acids is 1. The van der Waals surface area contributed by atoms with Crippen molar-refractivity contribution in [1.29, 1.82) is 0 Å². The fraction of sp³-hybridized carbons (Fsp3) is 0.458. The zero-order valence-electron chi connectivity index (χ0n) is 19.8. The number of nitrogens with one attached hydrogen (secondary N) is 1. The molecular formula is C24H32N2O6S. The van der Waals surface area contributed by atoms with Crippen molar-refractivity contribution in [2.45, 2.75) is 45.6 Å². The lowest BCUT2D eigenvalue weighted by Gasteiger charge is -2.26. The summed E-state index contributed by atoms with van der Waals surface area (Å²) in [4.78, 5) is 12.8. The summed E-state index contributed by atoms with van der Waals surface area (Å²) in [6.07, 6.45) is -0.156. The van der Waals surface area contributed by atoms with Gasteiger partial charge in [-0.2, -0.15) is 4.31 Å². The molecule has 1 aliphatic heterocycles. The fourth-order valence-electron chi connectivity index (χ4n) is 3.78. The van der Waals surface area contributed by atoms with Crippen LogP contribution in [0, 0.1) is 20.8 Å². The topological polar surface area (TPSA) is 94.2 Å². The Labute approximate surface area is 195 Å². The van der Waals surface area contributed by atoms with E-state index in [2.05, 4.69) is 5.32 Å². The highest BCUT2D eigenvalue weighted by Crippen LogP contribution is 2.31. The highest BCUT2D eigenvalue weighted by molar-refractivity contribution is 7.89. The van der Waals surface area contributed by atoms with Crippen LogP contribution in [0.1, 0.15) is 30.5 Å². The number of amides is 1. The normalized spacial score (nSPS) is 14.8. The van der Waals surface area contributed by atoms with Crippen molar-refractivity contribution in [3.05, 3.63) is 47.0 Å². The molecule has 0 saturated carbocycles. The van der Waals surface area contributed by atoms with Crippen molar-refractivity contribution in [2.24, 2.45) is 0 Å². The molecule has 0 aromatic heterocycles. The Morgan fingerprint density at radius 3 is 2.33 bits per heavy atom. The van der Waals surface area contributed by atoms with Crippen molar-refractivity contribution >= 4 is 21.6 Å². The molecule has 33 heavy (non-hydrogen) atoms. The summed E-state index contributed by atoms with van der Waals surface area (Å²) < 4.78 is 44.3. The van der Waals surface area contributed by atoms with Gasteiger partial charge in [-0.15, -0.1) is 0 Å². The number of hydrogen-bond acceptors (Lipinski definition) is 6. The van der Waals surface area contributed by atoms with Crippen molar-refractivity contribution in [3.8, 4) is 11.5 Å². The fourth-order valence-corrected chi connectivity index (χ4v) is 5.21. The van der Waals surface area contributed by atoms with Crippen molar-refractivity contribution in [3.63, 3.8) is 0 Å². The van der Waals surface area contributed by atoms with E-state index >= 15 is 0 Å². The monoisotopic (exact) mass is 476 g/mol. The third-order valence-corrected chi connectivity index (χ3v) is 7.04. The first-order valence-corrected chi connectivity index (χ1v) is 12.4. The van der Waals surface area contributed by atoms with Gasteiger partial charge in [0.05, 0.1) is 29.9 Å². The molecule has 0 spiro atoms. The molecule has 1 heterocycles. The van der Waals surface area contributed by atoms with Crippen LogP contribution in [0.4, 0.5) is 5.69 Å². The van der Waals surface area contributed by atoms with E-state index in [9.17, 15) is 13.2 Å². The Balaban J connectivity index is 1.81. The van der Waals surface area contributed by atoms with Crippen LogP contribution in [0.5, 0.6) is 11.5 Å². The first-order chi connectivity index (χ1) is 15.6. The highest BCUT2D eigenvalue weighted by atomic mass is 32.2. The number of anilines is 1. The highest BCUT2D eigenvalue weighted by Gasteiger charge is 2.27. The standard InChI is InChI=1S/C24H32N2O6S/c1-16(2)32-22-7-6-20(33(28,29)26-8-10-30-11-9-26)14-21(22)25-23(27)15-31-24-18(4)12-17(3)13-19(24)5/h6-7,12-14,16H,8-11,15H2,1-5H3,(H,25,27). The summed E-state index contributed by atoms with van der Waals surface area (Å²) in [6.45, 7) is 10.7. The largest absolute Gasteiger partial charge is 0.489 e. The van der Waals surface area contributed by atoms with Gasteiger partial charge in [-0.25, -0.2) is 8.42 Å². The molecule has 2 aromatic rings. The Hall–Kier alpha value is -2.62. The van der Waals surface area contributed by atoms with Gasteiger partial charge < -0.3 is 19.5 Å². The Bertz CT molecular complexity index is 1080. The second-order valence-electron chi connectivity index (χ2n) is 8.41. The van der Waals surface area contributed by atoms with E-state index in [4.69, 9.17) is 14.2 Å². The number of sulfonamides is 1. The van der Waals surface area contributed by atoms with Crippen LogP contribution in [0.2, 0.25) is 0 Å². The number of morpholine rings is 1. The van der Waals surface area contributed by atoms with Gasteiger partial charge in [0.15, 0.2) is 6.61 Å². The first kappa shape index (κ1) is 25.0. The third-order valence-electron chi connectivity index (χ3n) is 5.15. The molecule has 2 aromatic carbocycles. The van der Waals surface area contributed by atoms with Crippen molar-refractivity contribution in [2.75, 3.05) is 38.2 Å².